The van der Waals surface area contributed by atoms with Gasteiger partial charge in [0.15, 0.2) is 11.5 Å². The van der Waals surface area contributed by atoms with Gasteiger partial charge in [-0.3, -0.25) is 9.10 Å². The van der Waals surface area contributed by atoms with E-state index in [0.29, 0.717) is 30.4 Å². The molecule has 174 valence electrons. The van der Waals surface area contributed by atoms with E-state index in [0.717, 1.165) is 16.1 Å². The van der Waals surface area contributed by atoms with Crippen molar-refractivity contribution in [3.8, 4) is 11.5 Å². The smallest absolute Gasteiger partial charge is 0.244 e. The molecule has 1 heterocycles. The van der Waals surface area contributed by atoms with Gasteiger partial charge in [-0.15, -0.1) is 0 Å². The van der Waals surface area contributed by atoms with E-state index >= 15 is 0 Å². The summed E-state index contributed by atoms with van der Waals surface area (Å²) in [5.41, 5.74) is 2.54. The fourth-order valence-electron chi connectivity index (χ4n) is 3.67. The van der Waals surface area contributed by atoms with E-state index in [1.54, 1.807) is 25.1 Å². The highest BCUT2D eigenvalue weighted by Gasteiger charge is 2.31. The van der Waals surface area contributed by atoms with Gasteiger partial charge in [0.25, 0.3) is 0 Å². The van der Waals surface area contributed by atoms with Gasteiger partial charge in [-0.05, 0) is 42.5 Å². The Kier molecular flexibility index (Phi) is 6.74. The average Bonchev–Trinajstić information content (AvgIpc) is 2.72. The van der Waals surface area contributed by atoms with Gasteiger partial charge in [-0.2, -0.15) is 0 Å². The van der Waals surface area contributed by atoms with Crippen molar-refractivity contribution in [3.05, 3.63) is 53.6 Å². The molecule has 1 amide bonds. The molecule has 0 spiro atoms. The van der Waals surface area contributed by atoms with Crippen LogP contribution in [0.4, 0.5) is 5.69 Å². The molecule has 0 radical (unpaired) electrons. The monoisotopic (exact) mass is 460 g/mol. The Morgan fingerprint density at radius 1 is 1.00 bits per heavy atom. The first kappa shape index (κ1) is 23.9. The molecule has 0 saturated heterocycles. The molecule has 0 aromatic heterocycles. The Morgan fingerprint density at radius 2 is 1.59 bits per heavy atom. The van der Waals surface area contributed by atoms with Gasteiger partial charge in [0.2, 0.25) is 15.9 Å². The maximum absolute atomic E-state index is 13.0. The SMILES string of the molecule is C[C@H](C(=O)N[C@H](C)c1ccc(C(C)(C)C)cc1)N(c1ccc2c(c1)OCCO2)S(C)(=O)=O. The number of carbonyl (C=O) groups is 1. The third-order valence-electron chi connectivity index (χ3n) is 5.50. The van der Waals surface area contributed by atoms with Crippen LogP contribution in [-0.4, -0.2) is 39.8 Å². The molecule has 3 rings (SSSR count). The molecular weight excluding hydrogens is 428 g/mol. The second kappa shape index (κ2) is 9.02. The molecule has 1 aliphatic rings. The lowest BCUT2D eigenvalue weighted by molar-refractivity contribution is -0.122. The number of nitrogens with zero attached hydrogens (tertiary/aromatic N) is 1. The molecule has 2 aromatic rings. The largest absolute Gasteiger partial charge is 0.486 e. The minimum absolute atomic E-state index is 0.0408. The molecule has 2 atom stereocenters. The average molecular weight is 461 g/mol. The van der Waals surface area contributed by atoms with Crippen LogP contribution < -0.4 is 19.1 Å². The van der Waals surface area contributed by atoms with Crippen LogP contribution in [-0.2, 0) is 20.2 Å². The molecule has 0 unspecified atom stereocenters. The maximum Gasteiger partial charge on any atom is 0.244 e. The lowest BCUT2D eigenvalue weighted by atomic mass is 9.86. The summed E-state index contributed by atoms with van der Waals surface area (Å²) in [7, 11) is -3.74. The summed E-state index contributed by atoms with van der Waals surface area (Å²) in [5, 5.41) is 2.94. The predicted octanol–water partition coefficient (Wildman–Crippen LogP) is 3.79. The quantitative estimate of drug-likeness (QED) is 0.709. The van der Waals surface area contributed by atoms with Crippen LogP contribution in [0, 0.1) is 0 Å². The van der Waals surface area contributed by atoms with E-state index in [9.17, 15) is 13.2 Å². The number of benzene rings is 2. The normalized spacial score (nSPS) is 15.6. The number of fused-ring (bicyclic) bond motifs is 1. The topological polar surface area (TPSA) is 84.9 Å². The predicted molar refractivity (Wildman–Crippen MR) is 126 cm³/mol. The van der Waals surface area contributed by atoms with Crippen molar-refractivity contribution in [2.75, 3.05) is 23.8 Å². The highest BCUT2D eigenvalue weighted by atomic mass is 32.2. The highest BCUT2D eigenvalue weighted by Crippen LogP contribution is 2.35. The second-order valence-electron chi connectivity index (χ2n) is 9.17. The van der Waals surface area contributed by atoms with Gasteiger partial charge in [0.1, 0.15) is 19.3 Å². The summed E-state index contributed by atoms with van der Waals surface area (Å²) in [6.07, 6.45) is 1.09. The third-order valence-corrected chi connectivity index (χ3v) is 6.75. The molecule has 2 aromatic carbocycles. The zero-order valence-corrected chi connectivity index (χ0v) is 20.3. The summed E-state index contributed by atoms with van der Waals surface area (Å²) < 4.78 is 37.4. The number of carbonyl (C=O) groups excluding carboxylic acids is 1. The van der Waals surface area contributed by atoms with Crippen LogP contribution >= 0.6 is 0 Å². The summed E-state index contributed by atoms with van der Waals surface area (Å²) in [5.74, 6) is 0.623. The van der Waals surface area contributed by atoms with Gasteiger partial charge < -0.3 is 14.8 Å². The first-order chi connectivity index (χ1) is 14.9. The van der Waals surface area contributed by atoms with E-state index in [2.05, 4.69) is 38.2 Å². The Labute approximate surface area is 190 Å². The van der Waals surface area contributed by atoms with E-state index in [1.807, 2.05) is 19.1 Å². The van der Waals surface area contributed by atoms with Gasteiger partial charge in [0, 0.05) is 6.07 Å². The molecule has 7 nitrogen and oxygen atoms in total. The molecule has 0 bridgehead atoms. The summed E-state index contributed by atoms with van der Waals surface area (Å²) in [6.45, 7) is 10.7. The Hall–Kier alpha value is -2.74. The number of hydrogen-bond donors (Lipinski definition) is 1. The number of hydrogen-bond acceptors (Lipinski definition) is 5. The van der Waals surface area contributed by atoms with Crippen molar-refractivity contribution < 1.29 is 22.7 Å². The molecule has 0 fully saturated rings. The first-order valence-corrected chi connectivity index (χ1v) is 12.5. The van der Waals surface area contributed by atoms with Gasteiger partial charge in [-0.25, -0.2) is 8.42 Å². The number of ether oxygens (including phenoxy) is 2. The molecule has 0 aliphatic carbocycles. The van der Waals surface area contributed by atoms with Crippen molar-refractivity contribution in [3.63, 3.8) is 0 Å². The summed E-state index contributed by atoms with van der Waals surface area (Å²) >= 11 is 0. The van der Waals surface area contributed by atoms with E-state index in [-0.39, 0.29) is 11.5 Å². The Balaban J connectivity index is 1.79. The maximum atomic E-state index is 13.0. The van der Waals surface area contributed by atoms with Gasteiger partial charge >= 0.3 is 0 Å². The van der Waals surface area contributed by atoms with Crippen molar-refractivity contribution in [1.82, 2.24) is 5.32 Å². The van der Waals surface area contributed by atoms with Crippen molar-refractivity contribution in [2.45, 2.75) is 52.1 Å². The molecule has 1 N–H and O–H groups in total. The number of amides is 1. The fourth-order valence-corrected chi connectivity index (χ4v) is 4.83. The standard InChI is InChI=1S/C24H32N2O5S/c1-16(18-7-9-19(10-8-18)24(3,4)5)25-23(27)17(2)26(32(6,28)29)20-11-12-21-22(15-20)31-14-13-30-21/h7-12,15-17H,13-14H2,1-6H3,(H,25,27)/t16-,17-/m1/s1. The molecular formula is C24H32N2O5S. The highest BCUT2D eigenvalue weighted by molar-refractivity contribution is 7.92. The van der Waals surface area contributed by atoms with Crippen LogP contribution in [0.25, 0.3) is 0 Å². The summed E-state index contributed by atoms with van der Waals surface area (Å²) in [4.78, 5) is 13.0. The zero-order valence-electron chi connectivity index (χ0n) is 19.5. The van der Waals surface area contributed by atoms with Crippen LogP contribution in [0.3, 0.4) is 0 Å². The minimum Gasteiger partial charge on any atom is -0.486 e. The second-order valence-corrected chi connectivity index (χ2v) is 11.0. The molecule has 8 heteroatoms. The van der Waals surface area contributed by atoms with Crippen LogP contribution in [0.1, 0.15) is 51.8 Å². The van der Waals surface area contributed by atoms with Crippen LogP contribution in [0.2, 0.25) is 0 Å². The fraction of sp³-hybridized carbons (Fsp3) is 0.458. The van der Waals surface area contributed by atoms with Crippen molar-refractivity contribution in [2.24, 2.45) is 0 Å². The van der Waals surface area contributed by atoms with Crippen LogP contribution in [0.5, 0.6) is 11.5 Å². The number of anilines is 1. The lowest BCUT2D eigenvalue weighted by Gasteiger charge is -2.30. The van der Waals surface area contributed by atoms with E-state index in [1.165, 1.54) is 5.56 Å². The van der Waals surface area contributed by atoms with Gasteiger partial charge in [0.05, 0.1) is 18.0 Å². The molecule has 0 saturated carbocycles. The first-order valence-electron chi connectivity index (χ1n) is 10.7. The van der Waals surface area contributed by atoms with Crippen molar-refractivity contribution >= 4 is 21.6 Å². The van der Waals surface area contributed by atoms with Crippen molar-refractivity contribution in [1.29, 1.82) is 0 Å². The number of sulfonamides is 1. The number of rotatable bonds is 6. The zero-order chi connectivity index (χ0) is 23.7. The Morgan fingerprint density at radius 3 is 2.16 bits per heavy atom. The minimum atomic E-state index is -3.74. The van der Waals surface area contributed by atoms with E-state index in [4.69, 9.17) is 9.47 Å². The third kappa shape index (κ3) is 5.35. The van der Waals surface area contributed by atoms with E-state index < -0.39 is 22.0 Å². The van der Waals surface area contributed by atoms with Gasteiger partial charge in [-0.1, -0.05) is 45.0 Å². The lowest BCUT2D eigenvalue weighted by Crippen LogP contribution is -2.48. The molecule has 1 aliphatic heterocycles. The number of nitrogens with one attached hydrogen (secondary N) is 1. The van der Waals surface area contributed by atoms with Crippen LogP contribution in [0.15, 0.2) is 42.5 Å². The molecule has 32 heavy (non-hydrogen) atoms. The Bertz CT molecular complexity index is 1070. The summed E-state index contributed by atoms with van der Waals surface area (Å²) in [6, 6.07) is 11.7.